The number of nitrogens with one attached hydrogen (secondary N) is 1. The number of carbonyl (C=O) groups excluding carboxylic acids is 1. The molecule has 0 atom stereocenters. The van der Waals surface area contributed by atoms with E-state index < -0.39 is 0 Å². The predicted octanol–water partition coefficient (Wildman–Crippen LogP) is 0.946. The number of nitrogens with zero attached hydrogens (tertiary/aromatic N) is 2. The Balaban J connectivity index is 1.81. The van der Waals surface area contributed by atoms with Crippen molar-refractivity contribution in [2.24, 2.45) is 5.73 Å². The lowest BCUT2D eigenvalue weighted by Gasteiger charge is -2.05. The maximum Gasteiger partial charge on any atom is 0.234 e. The number of carbonyl (C=O) groups is 1. The van der Waals surface area contributed by atoms with Gasteiger partial charge in [0.25, 0.3) is 0 Å². The topological polar surface area (TPSA) is 72.9 Å². The van der Waals surface area contributed by atoms with E-state index in [-0.39, 0.29) is 12.5 Å². The number of benzene rings is 1. The molecule has 1 saturated carbocycles. The highest BCUT2D eigenvalue weighted by atomic mass is 16.1. The van der Waals surface area contributed by atoms with Gasteiger partial charge >= 0.3 is 0 Å². The number of rotatable bonds is 4. The van der Waals surface area contributed by atoms with Gasteiger partial charge in [0.1, 0.15) is 0 Å². The van der Waals surface area contributed by atoms with E-state index in [0.29, 0.717) is 12.6 Å². The van der Waals surface area contributed by atoms with Gasteiger partial charge in [-0.25, -0.2) is 4.98 Å². The first-order valence-electron chi connectivity index (χ1n) is 6.20. The first kappa shape index (κ1) is 11.2. The van der Waals surface area contributed by atoms with Gasteiger partial charge in [-0.2, -0.15) is 0 Å². The standard InChI is InChI=1S/C13H16N4O/c14-6-13(18)15-7-9-1-4-12-11(5-9)16-8-17(12)10-2-3-10/h1,4-5,8,10H,2-3,6-7,14H2,(H,15,18). The highest BCUT2D eigenvalue weighted by molar-refractivity contribution is 5.78. The van der Waals surface area contributed by atoms with Gasteiger partial charge in [0.15, 0.2) is 0 Å². The zero-order valence-corrected chi connectivity index (χ0v) is 10.1. The van der Waals surface area contributed by atoms with Crippen LogP contribution in [0.4, 0.5) is 0 Å². The van der Waals surface area contributed by atoms with Crippen LogP contribution in [0.1, 0.15) is 24.4 Å². The molecule has 94 valence electrons. The summed E-state index contributed by atoms with van der Waals surface area (Å²) >= 11 is 0. The second-order valence-electron chi connectivity index (χ2n) is 4.69. The molecule has 5 nitrogen and oxygen atoms in total. The Labute approximate surface area is 105 Å². The van der Waals surface area contributed by atoms with Gasteiger partial charge in [0.05, 0.1) is 23.9 Å². The quantitative estimate of drug-likeness (QED) is 0.841. The molecule has 1 aromatic heterocycles. The summed E-state index contributed by atoms with van der Waals surface area (Å²) in [5.41, 5.74) is 8.45. The lowest BCUT2D eigenvalue weighted by Crippen LogP contribution is -2.29. The molecule has 1 heterocycles. The third-order valence-corrected chi connectivity index (χ3v) is 3.25. The largest absolute Gasteiger partial charge is 0.351 e. The van der Waals surface area contributed by atoms with E-state index in [4.69, 9.17) is 5.73 Å². The molecule has 1 aromatic carbocycles. The highest BCUT2D eigenvalue weighted by Gasteiger charge is 2.24. The second kappa shape index (κ2) is 4.42. The number of hydrogen-bond donors (Lipinski definition) is 2. The molecule has 1 fully saturated rings. The van der Waals surface area contributed by atoms with Crippen molar-refractivity contribution in [1.29, 1.82) is 0 Å². The maximum atomic E-state index is 11.1. The summed E-state index contributed by atoms with van der Waals surface area (Å²) in [6, 6.07) is 6.76. The number of aromatic nitrogens is 2. The van der Waals surface area contributed by atoms with Gasteiger partial charge < -0.3 is 15.6 Å². The third kappa shape index (κ3) is 2.09. The Bertz CT molecular complexity index is 586. The van der Waals surface area contributed by atoms with Gasteiger partial charge in [-0.05, 0) is 30.5 Å². The molecule has 1 amide bonds. The Morgan fingerprint density at radius 1 is 1.50 bits per heavy atom. The number of nitrogens with two attached hydrogens (primary N) is 1. The van der Waals surface area contributed by atoms with Crippen LogP contribution in [0, 0.1) is 0 Å². The molecule has 3 rings (SSSR count). The van der Waals surface area contributed by atoms with Crippen LogP contribution >= 0.6 is 0 Å². The fraction of sp³-hybridized carbons (Fsp3) is 0.385. The molecule has 0 spiro atoms. The first-order valence-corrected chi connectivity index (χ1v) is 6.20. The van der Waals surface area contributed by atoms with Crippen molar-refractivity contribution in [3.05, 3.63) is 30.1 Å². The summed E-state index contributed by atoms with van der Waals surface area (Å²) in [6.07, 6.45) is 4.41. The molecule has 0 radical (unpaired) electrons. The van der Waals surface area contributed by atoms with Gasteiger partial charge in [0.2, 0.25) is 5.91 Å². The van der Waals surface area contributed by atoms with Crippen molar-refractivity contribution in [2.75, 3.05) is 6.54 Å². The summed E-state index contributed by atoms with van der Waals surface area (Å²) in [6.45, 7) is 0.529. The molecule has 3 N–H and O–H groups in total. The van der Waals surface area contributed by atoms with Gasteiger partial charge in [-0.1, -0.05) is 6.07 Å². The third-order valence-electron chi connectivity index (χ3n) is 3.25. The fourth-order valence-electron chi connectivity index (χ4n) is 2.10. The van der Waals surface area contributed by atoms with Crippen LogP contribution in [0.2, 0.25) is 0 Å². The van der Waals surface area contributed by atoms with Crippen molar-refractivity contribution in [1.82, 2.24) is 14.9 Å². The van der Waals surface area contributed by atoms with E-state index in [1.165, 1.54) is 18.4 Å². The Kier molecular flexibility index (Phi) is 2.76. The zero-order chi connectivity index (χ0) is 12.5. The van der Waals surface area contributed by atoms with Gasteiger partial charge in [-0.3, -0.25) is 4.79 Å². The van der Waals surface area contributed by atoms with Crippen LogP contribution < -0.4 is 11.1 Å². The van der Waals surface area contributed by atoms with E-state index in [1.807, 2.05) is 18.5 Å². The van der Waals surface area contributed by atoms with Crippen LogP contribution in [-0.2, 0) is 11.3 Å². The van der Waals surface area contributed by atoms with E-state index in [2.05, 4.69) is 20.9 Å². The Morgan fingerprint density at radius 2 is 2.33 bits per heavy atom. The predicted molar refractivity (Wildman–Crippen MR) is 68.9 cm³/mol. The average molecular weight is 244 g/mol. The first-order chi connectivity index (χ1) is 8.78. The SMILES string of the molecule is NCC(=O)NCc1ccc2c(c1)ncn2C1CC1. The monoisotopic (exact) mass is 244 g/mol. The molecule has 18 heavy (non-hydrogen) atoms. The van der Waals surface area contributed by atoms with Crippen LogP contribution in [0.3, 0.4) is 0 Å². The molecular formula is C13H16N4O. The lowest BCUT2D eigenvalue weighted by molar-refractivity contribution is -0.119. The lowest BCUT2D eigenvalue weighted by atomic mass is 10.2. The summed E-state index contributed by atoms with van der Waals surface area (Å²) in [5.74, 6) is -0.140. The molecule has 0 aliphatic heterocycles. The van der Waals surface area contributed by atoms with Crippen LogP contribution in [-0.4, -0.2) is 22.0 Å². The number of hydrogen-bond acceptors (Lipinski definition) is 3. The molecule has 2 aromatic rings. The number of amides is 1. The minimum Gasteiger partial charge on any atom is -0.351 e. The summed E-state index contributed by atoms with van der Waals surface area (Å²) in [5, 5.41) is 2.76. The van der Waals surface area contributed by atoms with E-state index in [1.54, 1.807) is 0 Å². The van der Waals surface area contributed by atoms with E-state index >= 15 is 0 Å². The van der Waals surface area contributed by atoms with Crippen molar-refractivity contribution in [3.8, 4) is 0 Å². The van der Waals surface area contributed by atoms with Gasteiger partial charge in [-0.15, -0.1) is 0 Å². The zero-order valence-electron chi connectivity index (χ0n) is 10.1. The van der Waals surface area contributed by atoms with Crippen molar-refractivity contribution in [2.45, 2.75) is 25.4 Å². The number of fused-ring (bicyclic) bond motifs is 1. The Hall–Kier alpha value is -1.88. The molecule has 1 aliphatic carbocycles. The van der Waals surface area contributed by atoms with E-state index in [9.17, 15) is 4.79 Å². The minimum atomic E-state index is -0.140. The molecule has 0 bridgehead atoms. The van der Waals surface area contributed by atoms with Crippen LogP contribution in [0.25, 0.3) is 11.0 Å². The minimum absolute atomic E-state index is 0.0263. The van der Waals surface area contributed by atoms with Crippen LogP contribution in [0.5, 0.6) is 0 Å². The fourth-order valence-corrected chi connectivity index (χ4v) is 2.10. The normalized spacial score (nSPS) is 14.9. The maximum absolute atomic E-state index is 11.1. The molecule has 0 unspecified atom stereocenters. The second-order valence-corrected chi connectivity index (χ2v) is 4.69. The molecular weight excluding hydrogens is 228 g/mol. The Morgan fingerprint density at radius 3 is 3.06 bits per heavy atom. The summed E-state index contributed by atoms with van der Waals surface area (Å²) in [4.78, 5) is 15.5. The van der Waals surface area contributed by atoms with E-state index in [0.717, 1.165) is 11.1 Å². The molecule has 1 aliphatic rings. The van der Waals surface area contributed by atoms with Crippen molar-refractivity contribution < 1.29 is 4.79 Å². The number of imidazole rings is 1. The molecule has 0 saturated heterocycles. The molecule has 5 heteroatoms. The van der Waals surface area contributed by atoms with Crippen molar-refractivity contribution >= 4 is 16.9 Å². The average Bonchev–Trinajstić information content (AvgIpc) is 3.16. The smallest absolute Gasteiger partial charge is 0.234 e. The summed E-state index contributed by atoms with van der Waals surface area (Å²) < 4.78 is 2.23. The van der Waals surface area contributed by atoms with Crippen molar-refractivity contribution in [3.63, 3.8) is 0 Å². The van der Waals surface area contributed by atoms with Crippen LogP contribution in [0.15, 0.2) is 24.5 Å². The highest BCUT2D eigenvalue weighted by Crippen LogP contribution is 2.37. The summed E-state index contributed by atoms with van der Waals surface area (Å²) in [7, 11) is 0. The van der Waals surface area contributed by atoms with Gasteiger partial charge in [0, 0.05) is 12.6 Å².